The number of hydrogen-bond donors (Lipinski definition) is 2. The first kappa shape index (κ1) is 22.9. The molecule has 0 atom stereocenters. The number of rotatable bonds is 10. The van der Waals surface area contributed by atoms with Gasteiger partial charge >= 0.3 is 5.97 Å². The number of carboxylic acids is 1. The summed E-state index contributed by atoms with van der Waals surface area (Å²) >= 11 is 12.5. The second-order valence-corrected chi connectivity index (χ2v) is 7.71. The fourth-order valence-corrected chi connectivity index (χ4v) is 3.53. The Balaban J connectivity index is 1.65. The lowest BCUT2D eigenvalue weighted by atomic mass is 10.1. The Bertz CT molecular complexity index is 1040. The quantitative estimate of drug-likeness (QED) is 0.391. The van der Waals surface area contributed by atoms with Crippen LogP contribution in [0.15, 0.2) is 60.7 Å². The monoisotopic (exact) mass is 459 g/mol. The SMILES string of the molecule is CCOc1cc(CNCc2ccc(C(=O)O)cc2)cc(Cl)c1OCc1cccc(Cl)c1. The van der Waals surface area contributed by atoms with Gasteiger partial charge in [0.05, 0.1) is 17.2 Å². The molecule has 5 nitrogen and oxygen atoms in total. The Morgan fingerprint density at radius 2 is 1.68 bits per heavy atom. The van der Waals surface area contributed by atoms with Gasteiger partial charge in [-0.3, -0.25) is 0 Å². The van der Waals surface area contributed by atoms with E-state index in [0.717, 1.165) is 16.7 Å². The fraction of sp³-hybridized carbons (Fsp3) is 0.208. The van der Waals surface area contributed by atoms with E-state index in [4.69, 9.17) is 37.8 Å². The van der Waals surface area contributed by atoms with E-state index >= 15 is 0 Å². The molecule has 0 amide bonds. The molecule has 0 unspecified atom stereocenters. The summed E-state index contributed by atoms with van der Waals surface area (Å²) in [5, 5.41) is 13.4. The molecule has 0 aromatic heterocycles. The third-order valence-electron chi connectivity index (χ3n) is 4.50. The molecule has 7 heteroatoms. The number of aromatic carboxylic acids is 1. The molecule has 0 heterocycles. The highest BCUT2D eigenvalue weighted by molar-refractivity contribution is 6.32. The Kier molecular flexibility index (Phi) is 8.18. The Labute approximate surface area is 191 Å². The van der Waals surface area contributed by atoms with Gasteiger partial charge in [0.2, 0.25) is 0 Å². The zero-order valence-corrected chi connectivity index (χ0v) is 18.5. The summed E-state index contributed by atoms with van der Waals surface area (Å²) in [5.74, 6) is 0.145. The van der Waals surface area contributed by atoms with Crippen molar-refractivity contribution < 1.29 is 19.4 Å². The van der Waals surface area contributed by atoms with Gasteiger partial charge in [0.1, 0.15) is 6.61 Å². The van der Waals surface area contributed by atoms with Crippen LogP contribution in [0.4, 0.5) is 0 Å². The van der Waals surface area contributed by atoms with Crippen molar-refractivity contribution in [2.75, 3.05) is 6.61 Å². The van der Waals surface area contributed by atoms with Gasteiger partial charge in [-0.05, 0) is 60.0 Å². The van der Waals surface area contributed by atoms with Crippen molar-refractivity contribution in [1.29, 1.82) is 0 Å². The Morgan fingerprint density at radius 3 is 2.35 bits per heavy atom. The van der Waals surface area contributed by atoms with Gasteiger partial charge in [-0.15, -0.1) is 0 Å². The first-order valence-corrected chi connectivity index (χ1v) is 10.6. The van der Waals surface area contributed by atoms with Crippen molar-refractivity contribution in [2.45, 2.75) is 26.6 Å². The van der Waals surface area contributed by atoms with E-state index in [0.29, 0.717) is 47.8 Å². The molecule has 31 heavy (non-hydrogen) atoms. The van der Waals surface area contributed by atoms with E-state index in [2.05, 4.69) is 5.32 Å². The summed E-state index contributed by atoms with van der Waals surface area (Å²) in [6.07, 6.45) is 0. The molecule has 0 saturated heterocycles. The van der Waals surface area contributed by atoms with Crippen LogP contribution in [0.5, 0.6) is 11.5 Å². The number of benzene rings is 3. The largest absolute Gasteiger partial charge is 0.490 e. The molecule has 0 bridgehead atoms. The molecule has 0 spiro atoms. The number of carboxylic acid groups (broad SMARTS) is 1. The van der Waals surface area contributed by atoms with E-state index in [9.17, 15) is 4.79 Å². The average Bonchev–Trinajstić information content (AvgIpc) is 2.74. The van der Waals surface area contributed by atoms with E-state index in [-0.39, 0.29) is 5.56 Å². The van der Waals surface area contributed by atoms with E-state index in [1.807, 2.05) is 43.3 Å². The fourth-order valence-electron chi connectivity index (χ4n) is 3.03. The van der Waals surface area contributed by atoms with Crippen LogP contribution in [0.3, 0.4) is 0 Å². The zero-order chi connectivity index (χ0) is 22.2. The number of ether oxygens (including phenoxy) is 2. The molecular weight excluding hydrogens is 437 g/mol. The molecule has 0 aliphatic carbocycles. The lowest BCUT2D eigenvalue weighted by molar-refractivity contribution is 0.0697. The second-order valence-electron chi connectivity index (χ2n) is 6.86. The molecular formula is C24H23Cl2NO4. The van der Waals surface area contributed by atoms with Crippen LogP contribution >= 0.6 is 23.2 Å². The van der Waals surface area contributed by atoms with Crippen molar-refractivity contribution >= 4 is 29.2 Å². The smallest absolute Gasteiger partial charge is 0.335 e. The zero-order valence-electron chi connectivity index (χ0n) is 17.0. The summed E-state index contributed by atoms with van der Waals surface area (Å²) in [7, 11) is 0. The topological polar surface area (TPSA) is 67.8 Å². The van der Waals surface area contributed by atoms with Crippen molar-refractivity contribution in [3.63, 3.8) is 0 Å². The molecule has 0 saturated carbocycles. The number of halogens is 2. The summed E-state index contributed by atoms with van der Waals surface area (Å²) in [6.45, 7) is 3.87. The molecule has 3 aromatic rings. The van der Waals surface area contributed by atoms with Crippen LogP contribution in [0.25, 0.3) is 0 Å². The summed E-state index contributed by atoms with van der Waals surface area (Å²) in [4.78, 5) is 10.9. The van der Waals surface area contributed by atoms with Crippen molar-refractivity contribution in [3.05, 3.63) is 93.0 Å². The minimum Gasteiger partial charge on any atom is -0.490 e. The lowest BCUT2D eigenvalue weighted by Crippen LogP contribution is -2.13. The molecule has 0 aliphatic heterocycles. The van der Waals surface area contributed by atoms with Crippen molar-refractivity contribution in [3.8, 4) is 11.5 Å². The van der Waals surface area contributed by atoms with Gasteiger partial charge in [0.15, 0.2) is 11.5 Å². The van der Waals surface area contributed by atoms with Gasteiger partial charge in [0.25, 0.3) is 0 Å². The predicted molar refractivity (Wildman–Crippen MR) is 122 cm³/mol. The number of carbonyl (C=O) groups is 1. The van der Waals surface area contributed by atoms with E-state index in [1.165, 1.54) is 0 Å². The van der Waals surface area contributed by atoms with Crippen LogP contribution in [0.2, 0.25) is 10.0 Å². The maximum absolute atomic E-state index is 10.9. The minimum absolute atomic E-state index is 0.269. The maximum atomic E-state index is 10.9. The second kappa shape index (κ2) is 11.0. The van der Waals surface area contributed by atoms with Crippen LogP contribution in [0.1, 0.15) is 34.0 Å². The third kappa shape index (κ3) is 6.62. The van der Waals surface area contributed by atoms with Crippen LogP contribution < -0.4 is 14.8 Å². The molecule has 2 N–H and O–H groups in total. The molecule has 0 fully saturated rings. The highest BCUT2D eigenvalue weighted by atomic mass is 35.5. The number of hydrogen-bond acceptors (Lipinski definition) is 4. The summed E-state index contributed by atoms with van der Waals surface area (Å²) in [6, 6.07) is 18.0. The van der Waals surface area contributed by atoms with Crippen LogP contribution in [-0.4, -0.2) is 17.7 Å². The Morgan fingerprint density at radius 1 is 0.935 bits per heavy atom. The molecule has 0 radical (unpaired) electrons. The standard InChI is InChI=1S/C24H23Cl2NO4/c1-2-30-22-12-18(14-27-13-16-6-8-19(9-7-16)24(28)29)11-21(26)23(22)31-15-17-4-3-5-20(25)10-17/h3-12,27H,2,13-15H2,1H3,(H,28,29). The first-order chi connectivity index (χ1) is 15.0. The van der Waals surface area contributed by atoms with Gasteiger partial charge in [-0.2, -0.15) is 0 Å². The van der Waals surface area contributed by atoms with Gasteiger partial charge in [-0.25, -0.2) is 4.79 Å². The number of nitrogens with one attached hydrogen (secondary N) is 1. The lowest BCUT2D eigenvalue weighted by Gasteiger charge is -2.16. The molecule has 3 rings (SSSR count). The van der Waals surface area contributed by atoms with Gasteiger partial charge < -0.3 is 19.9 Å². The Hall–Kier alpha value is -2.73. The minimum atomic E-state index is -0.935. The van der Waals surface area contributed by atoms with E-state index < -0.39 is 5.97 Å². The van der Waals surface area contributed by atoms with Gasteiger partial charge in [-0.1, -0.05) is 47.5 Å². The normalized spacial score (nSPS) is 10.7. The van der Waals surface area contributed by atoms with Crippen LogP contribution in [0, 0.1) is 0 Å². The van der Waals surface area contributed by atoms with E-state index in [1.54, 1.807) is 24.3 Å². The highest BCUT2D eigenvalue weighted by Gasteiger charge is 2.13. The van der Waals surface area contributed by atoms with Crippen molar-refractivity contribution in [2.24, 2.45) is 0 Å². The van der Waals surface area contributed by atoms with Gasteiger partial charge in [0, 0.05) is 18.1 Å². The molecule has 162 valence electrons. The highest BCUT2D eigenvalue weighted by Crippen LogP contribution is 2.37. The first-order valence-electron chi connectivity index (χ1n) is 9.81. The molecule has 3 aromatic carbocycles. The maximum Gasteiger partial charge on any atom is 0.335 e. The summed E-state index contributed by atoms with van der Waals surface area (Å²) in [5.41, 5.74) is 3.14. The van der Waals surface area contributed by atoms with Crippen LogP contribution in [-0.2, 0) is 19.7 Å². The predicted octanol–water partition coefficient (Wildman–Crippen LogP) is 5.96. The average molecular weight is 460 g/mol. The van der Waals surface area contributed by atoms with Crippen molar-refractivity contribution in [1.82, 2.24) is 5.32 Å². The summed E-state index contributed by atoms with van der Waals surface area (Å²) < 4.78 is 11.7. The molecule has 0 aliphatic rings. The third-order valence-corrected chi connectivity index (χ3v) is 5.02.